The lowest BCUT2D eigenvalue weighted by Gasteiger charge is -2.04. The number of aryl methyl sites for hydroxylation is 2. The predicted molar refractivity (Wildman–Crippen MR) is 105 cm³/mol. The van der Waals surface area contributed by atoms with Crippen LogP contribution in [0.3, 0.4) is 0 Å². The molecule has 1 aromatic carbocycles. The van der Waals surface area contributed by atoms with Crippen molar-refractivity contribution in [2.24, 2.45) is 0 Å². The molecule has 0 aliphatic heterocycles. The maximum Gasteiger partial charge on any atom is 0.434 e. The molecule has 0 saturated carbocycles. The zero-order chi connectivity index (χ0) is 20.3. The molecule has 0 radical (unpaired) electrons. The SMILES string of the molecule is CCCn1c(/C=C/C(=O)/C=C/c2sc(C)nc2C(F)(F)F)nc2ccccc21. The Balaban J connectivity index is 1.83. The van der Waals surface area contributed by atoms with Crippen LogP contribution in [0.4, 0.5) is 13.2 Å². The van der Waals surface area contributed by atoms with Crippen molar-refractivity contribution in [1.82, 2.24) is 14.5 Å². The van der Waals surface area contributed by atoms with Crippen LogP contribution in [0.2, 0.25) is 0 Å². The number of halogens is 3. The number of ketones is 1. The van der Waals surface area contributed by atoms with E-state index in [4.69, 9.17) is 0 Å². The highest BCUT2D eigenvalue weighted by molar-refractivity contribution is 7.12. The average molecular weight is 405 g/mol. The van der Waals surface area contributed by atoms with Gasteiger partial charge in [-0.2, -0.15) is 13.2 Å². The Morgan fingerprint density at radius 3 is 2.61 bits per heavy atom. The van der Waals surface area contributed by atoms with Gasteiger partial charge in [0.15, 0.2) is 11.5 Å². The number of fused-ring (bicyclic) bond motifs is 1. The Kier molecular flexibility index (Phi) is 5.79. The molecule has 0 unspecified atom stereocenters. The fourth-order valence-electron chi connectivity index (χ4n) is 2.81. The van der Waals surface area contributed by atoms with Crippen LogP contribution >= 0.6 is 11.3 Å². The number of benzene rings is 1. The highest BCUT2D eigenvalue weighted by atomic mass is 32.1. The predicted octanol–water partition coefficient (Wildman–Crippen LogP) is 5.53. The zero-order valence-corrected chi connectivity index (χ0v) is 16.1. The summed E-state index contributed by atoms with van der Waals surface area (Å²) < 4.78 is 40.9. The van der Waals surface area contributed by atoms with Crippen molar-refractivity contribution in [2.75, 3.05) is 0 Å². The van der Waals surface area contributed by atoms with Crippen LogP contribution in [0, 0.1) is 6.92 Å². The van der Waals surface area contributed by atoms with Crippen molar-refractivity contribution in [2.45, 2.75) is 33.0 Å². The monoisotopic (exact) mass is 405 g/mol. The summed E-state index contributed by atoms with van der Waals surface area (Å²) in [4.78, 5) is 20.1. The van der Waals surface area contributed by atoms with Crippen LogP contribution in [-0.2, 0) is 17.5 Å². The van der Waals surface area contributed by atoms with E-state index in [2.05, 4.69) is 9.97 Å². The zero-order valence-electron chi connectivity index (χ0n) is 15.3. The van der Waals surface area contributed by atoms with E-state index in [-0.39, 0.29) is 4.88 Å². The first kappa shape index (κ1) is 20.0. The third-order valence-corrected chi connectivity index (χ3v) is 4.89. The Morgan fingerprint density at radius 2 is 1.89 bits per heavy atom. The van der Waals surface area contributed by atoms with Gasteiger partial charge in [-0.25, -0.2) is 9.97 Å². The summed E-state index contributed by atoms with van der Waals surface area (Å²) in [5, 5.41) is 0.295. The van der Waals surface area contributed by atoms with Crippen LogP contribution in [0.1, 0.15) is 34.7 Å². The number of carbonyl (C=O) groups is 1. The number of hydrogen-bond donors (Lipinski definition) is 0. The number of allylic oxidation sites excluding steroid dienone is 2. The number of imidazole rings is 1. The Morgan fingerprint density at radius 1 is 1.18 bits per heavy atom. The summed E-state index contributed by atoms with van der Waals surface area (Å²) in [7, 11) is 0. The molecule has 0 N–H and O–H groups in total. The summed E-state index contributed by atoms with van der Waals surface area (Å²) in [5.74, 6) is 0.212. The molecule has 0 bridgehead atoms. The van der Waals surface area contributed by atoms with E-state index in [0.29, 0.717) is 10.8 Å². The van der Waals surface area contributed by atoms with E-state index in [1.54, 1.807) is 6.08 Å². The van der Waals surface area contributed by atoms with Crippen LogP contribution in [0.25, 0.3) is 23.2 Å². The summed E-state index contributed by atoms with van der Waals surface area (Å²) in [6.07, 6.45) is 1.53. The lowest BCUT2D eigenvalue weighted by molar-refractivity contribution is -0.140. The standard InChI is InChI=1S/C20H18F3N3OS/c1-3-12-26-16-7-5-4-6-15(16)25-18(26)11-9-14(27)8-10-17-19(20(21,22)23)24-13(2)28-17/h4-11H,3,12H2,1-2H3/b10-8+,11-9+. The second-order valence-corrected chi connectivity index (χ2v) is 7.36. The fraction of sp³-hybridized carbons (Fsp3) is 0.250. The van der Waals surface area contributed by atoms with Gasteiger partial charge in [-0.1, -0.05) is 19.1 Å². The number of alkyl halides is 3. The topological polar surface area (TPSA) is 47.8 Å². The molecule has 0 aliphatic rings. The molecule has 3 rings (SSSR count). The minimum absolute atomic E-state index is 0.0787. The molecule has 0 fully saturated rings. The maximum absolute atomic E-state index is 13.0. The van der Waals surface area contributed by atoms with Crippen molar-refractivity contribution in [3.8, 4) is 0 Å². The Hall–Kier alpha value is -2.74. The van der Waals surface area contributed by atoms with Gasteiger partial charge in [0.1, 0.15) is 5.82 Å². The van der Waals surface area contributed by atoms with Crippen molar-refractivity contribution < 1.29 is 18.0 Å². The molecule has 0 amide bonds. The van der Waals surface area contributed by atoms with Crippen molar-refractivity contribution in [3.63, 3.8) is 0 Å². The second kappa shape index (κ2) is 8.10. The molecule has 146 valence electrons. The molecule has 0 saturated heterocycles. The largest absolute Gasteiger partial charge is 0.434 e. The smallest absolute Gasteiger partial charge is 0.324 e. The van der Waals surface area contributed by atoms with E-state index in [9.17, 15) is 18.0 Å². The van der Waals surface area contributed by atoms with Gasteiger partial charge in [-0.15, -0.1) is 11.3 Å². The number of aromatic nitrogens is 3. The first-order valence-corrected chi connectivity index (χ1v) is 9.51. The van der Waals surface area contributed by atoms with Gasteiger partial charge >= 0.3 is 6.18 Å². The van der Waals surface area contributed by atoms with E-state index < -0.39 is 17.7 Å². The minimum atomic E-state index is -4.55. The Labute approximate surface area is 164 Å². The van der Waals surface area contributed by atoms with Crippen molar-refractivity contribution >= 4 is 40.3 Å². The first-order chi connectivity index (χ1) is 13.3. The van der Waals surface area contributed by atoms with Gasteiger partial charge in [0.25, 0.3) is 0 Å². The molecule has 2 aromatic heterocycles. The number of carbonyl (C=O) groups excluding carboxylic acids is 1. The highest BCUT2D eigenvalue weighted by Crippen LogP contribution is 2.34. The molecule has 3 aromatic rings. The molecule has 8 heteroatoms. The first-order valence-electron chi connectivity index (χ1n) is 8.69. The third kappa shape index (κ3) is 4.39. The van der Waals surface area contributed by atoms with Gasteiger partial charge in [0.05, 0.1) is 20.9 Å². The molecule has 0 atom stereocenters. The van der Waals surface area contributed by atoms with Crippen molar-refractivity contribution in [1.29, 1.82) is 0 Å². The van der Waals surface area contributed by atoms with Gasteiger partial charge < -0.3 is 4.57 Å². The van der Waals surface area contributed by atoms with Crippen LogP contribution in [-0.4, -0.2) is 20.3 Å². The number of para-hydroxylation sites is 2. The number of hydrogen-bond acceptors (Lipinski definition) is 4. The summed E-state index contributed by atoms with van der Waals surface area (Å²) in [6.45, 7) is 4.29. The molecule has 4 nitrogen and oxygen atoms in total. The number of rotatable bonds is 6. The average Bonchev–Trinajstić information content (AvgIpc) is 3.19. The lowest BCUT2D eigenvalue weighted by atomic mass is 10.2. The normalized spacial score (nSPS) is 12.6. The van der Waals surface area contributed by atoms with Gasteiger partial charge in [-0.05, 0) is 49.8 Å². The molecule has 2 heterocycles. The quantitative estimate of drug-likeness (QED) is 0.507. The number of nitrogens with zero attached hydrogens (tertiary/aromatic N) is 3. The van der Waals surface area contributed by atoms with Gasteiger partial charge in [-0.3, -0.25) is 4.79 Å². The van der Waals surface area contributed by atoms with Crippen LogP contribution in [0.15, 0.2) is 36.4 Å². The third-order valence-electron chi connectivity index (χ3n) is 3.96. The van der Waals surface area contributed by atoms with E-state index in [0.717, 1.165) is 47.5 Å². The maximum atomic E-state index is 13.0. The van der Waals surface area contributed by atoms with Crippen molar-refractivity contribution in [3.05, 3.63) is 57.8 Å². The number of thiazole rings is 1. The van der Waals surface area contributed by atoms with Crippen LogP contribution < -0.4 is 0 Å². The minimum Gasteiger partial charge on any atom is -0.324 e. The van der Waals surface area contributed by atoms with E-state index in [1.165, 1.54) is 13.0 Å². The molecular formula is C20H18F3N3OS. The summed E-state index contributed by atoms with van der Waals surface area (Å²) in [6, 6.07) is 7.67. The molecule has 0 aliphatic carbocycles. The fourth-order valence-corrected chi connectivity index (χ4v) is 3.66. The summed E-state index contributed by atoms with van der Waals surface area (Å²) in [5.41, 5.74) is 0.836. The molecular weight excluding hydrogens is 387 g/mol. The second-order valence-electron chi connectivity index (χ2n) is 6.12. The molecule has 0 spiro atoms. The lowest BCUT2D eigenvalue weighted by Crippen LogP contribution is -2.07. The van der Waals surface area contributed by atoms with E-state index >= 15 is 0 Å². The Bertz CT molecular complexity index is 1060. The highest BCUT2D eigenvalue weighted by Gasteiger charge is 2.36. The molecule has 28 heavy (non-hydrogen) atoms. The van der Waals surface area contributed by atoms with Gasteiger partial charge in [0.2, 0.25) is 0 Å². The van der Waals surface area contributed by atoms with E-state index in [1.807, 2.05) is 35.8 Å². The van der Waals surface area contributed by atoms with Crippen LogP contribution in [0.5, 0.6) is 0 Å². The van der Waals surface area contributed by atoms with Gasteiger partial charge in [0, 0.05) is 6.54 Å². The summed E-state index contributed by atoms with van der Waals surface area (Å²) >= 11 is 0.899.